The normalized spacial score (nSPS) is 15.3. The third-order valence-corrected chi connectivity index (χ3v) is 3.97. The zero-order valence-corrected chi connectivity index (χ0v) is 12.1. The molecule has 2 heteroatoms. The number of rotatable bonds is 3. The number of anilines is 1. The highest BCUT2D eigenvalue weighted by Crippen LogP contribution is 2.23. The van der Waals surface area contributed by atoms with E-state index in [0.29, 0.717) is 0 Å². The Morgan fingerprint density at radius 2 is 1.70 bits per heavy atom. The molecule has 0 saturated carbocycles. The van der Waals surface area contributed by atoms with Gasteiger partial charge in [-0.05, 0) is 36.1 Å². The van der Waals surface area contributed by atoms with Crippen LogP contribution in [-0.2, 0) is 6.42 Å². The van der Waals surface area contributed by atoms with Crippen LogP contribution in [0.25, 0.3) is 0 Å². The van der Waals surface area contributed by atoms with Gasteiger partial charge in [-0.15, -0.1) is 0 Å². The first-order valence-corrected chi connectivity index (χ1v) is 7.42. The van der Waals surface area contributed by atoms with Crippen LogP contribution in [-0.4, -0.2) is 26.2 Å². The third kappa shape index (κ3) is 3.02. The summed E-state index contributed by atoms with van der Waals surface area (Å²) in [6.07, 6.45) is 1.02. The SMILES string of the molecule is Cc1cc(Cc2ccccc2)ccc1N1CCNCC1. The molecule has 1 N–H and O–H groups in total. The Balaban J connectivity index is 1.77. The minimum atomic E-state index is 1.02. The van der Waals surface area contributed by atoms with Crippen molar-refractivity contribution < 1.29 is 0 Å². The smallest absolute Gasteiger partial charge is 0.0397 e. The number of aryl methyl sites for hydroxylation is 1. The molecular formula is C18H22N2. The quantitative estimate of drug-likeness (QED) is 0.918. The molecule has 0 aliphatic carbocycles. The van der Waals surface area contributed by atoms with E-state index >= 15 is 0 Å². The fourth-order valence-electron chi connectivity index (χ4n) is 2.92. The number of nitrogens with zero attached hydrogens (tertiary/aromatic N) is 1. The Bertz CT molecular complexity index is 557. The Morgan fingerprint density at radius 1 is 0.950 bits per heavy atom. The number of hydrogen-bond donors (Lipinski definition) is 1. The van der Waals surface area contributed by atoms with E-state index in [1.807, 2.05) is 0 Å². The van der Waals surface area contributed by atoms with Crippen molar-refractivity contribution in [3.05, 3.63) is 65.2 Å². The van der Waals surface area contributed by atoms with Gasteiger partial charge in [0, 0.05) is 31.9 Å². The van der Waals surface area contributed by atoms with Gasteiger partial charge >= 0.3 is 0 Å². The monoisotopic (exact) mass is 266 g/mol. The van der Waals surface area contributed by atoms with Crippen LogP contribution in [0.5, 0.6) is 0 Å². The molecule has 20 heavy (non-hydrogen) atoms. The molecule has 2 aromatic rings. The second kappa shape index (κ2) is 6.10. The molecule has 0 amide bonds. The predicted molar refractivity (Wildman–Crippen MR) is 85.5 cm³/mol. The highest BCUT2D eigenvalue weighted by Gasteiger charge is 2.12. The summed E-state index contributed by atoms with van der Waals surface area (Å²) in [4.78, 5) is 2.48. The van der Waals surface area contributed by atoms with Gasteiger partial charge in [0.1, 0.15) is 0 Å². The first kappa shape index (κ1) is 13.2. The maximum atomic E-state index is 3.41. The molecule has 0 bridgehead atoms. The van der Waals surface area contributed by atoms with E-state index in [0.717, 1.165) is 32.6 Å². The Kier molecular flexibility index (Phi) is 4.03. The molecule has 3 rings (SSSR count). The summed E-state index contributed by atoms with van der Waals surface area (Å²) in [6.45, 7) is 6.63. The van der Waals surface area contributed by atoms with Gasteiger partial charge < -0.3 is 10.2 Å². The van der Waals surface area contributed by atoms with Gasteiger partial charge in [0.15, 0.2) is 0 Å². The van der Waals surface area contributed by atoms with E-state index in [4.69, 9.17) is 0 Å². The summed E-state index contributed by atoms with van der Waals surface area (Å²) in [5, 5.41) is 3.41. The van der Waals surface area contributed by atoms with E-state index in [1.165, 1.54) is 22.4 Å². The van der Waals surface area contributed by atoms with E-state index in [2.05, 4.69) is 65.7 Å². The topological polar surface area (TPSA) is 15.3 Å². The van der Waals surface area contributed by atoms with Crippen molar-refractivity contribution in [2.24, 2.45) is 0 Å². The minimum Gasteiger partial charge on any atom is -0.369 e. The van der Waals surface area contributed by atoms with Crippen LogP contribution in [0.15, 0.2) is 48.5 Å². The van der Waals surface area contributed by atoms with Gasteiger partial charge in [-0.25, -0.2) is 0 Å². The van der Waals surface area contributed by atoms with Crippen molar-refractivity contribution in [2.75, 3.05) is 31.1 Å². The molecule has 0 aromatic heterocycles. The van der Waals surface area contributed by atoms with Crippen molar-refractivity contribution >= 4 is 5.69 Å². The van der Waals surface area contributed by atoms with Crippen molar-refractivity contribution in [3.63, 3.8) is 0 Å². The van der Waals surface area contributed by atoms with Crippen LogP contribution in [0.2, 0.25) is 0 Å². The Labute approximate surface area is 121 Å². The summed E-state index contributed by atoms with van der Waals surface area (Å²) in [6, 6.07) is 17.6. The van der Waals surface area contributed by atoms with Gasteiger partial charge in [-0.1, -0.05) is 42.5 Å². The first-order valence-electron chi connectivity index (χ1n) is 7.42. The molecule has 1 heterocycles. The van der Waals surface area contributed by atoms with E-state index in [9.17, 15) is 0 Å². The fourth-order valence-corrected chi connectivity index (χ4v) is 2.92. The highest BCUT2D eigenvalue weighted by molar-refractivity contribution is 5.55. The van der Waals surface area contributed by atoms with Crippen LogP contribution in [0, 0.1) is 6.92 Å². The van der Waals surface area contributed by atoms with Crippen LogP contribution < -0.4 is 10.2 Å². The van der Waals surface area contributed by atoms with E-state index in [1.54, 1.807) is 0 Å². The lowest BCUT2D eigenvalue weighted by Crippen LogP contribution is -2.43. The zero-order chi connectivity index (χ0) is 13.8. The minimum absolute atomic E-state index is 1.02. The molecule has 2 aromatic carbocycles. The van der Waals surface area contributed by atoms with Crippen LogP contribution in [0.1, 0.15) is 16.7 Å². The second-order valence-corrected chi connectivity index (χ2v) is 5.52. The number of piperazine rings is 1. The molecule has 1 saturated heterocycles. The molecule has 1 aliphatic heterocycles. The maximum absolute atomic E-state index is 3.41. The molecular weight excluding hydrogens is 244 g/mol. The first-order chi connectivity index (χ1) is 9.83. The number of nitrogens with one attached hydrogen (secondary N) is 1. The molecule has 104 valence electrons. The lowest BCUT2D eigenvalue weighted by molar-refractivity contribution is 0.588. The second-order valence-electron chi connectivity index (χ2n) is 5.52. The van der Waals surface area contributed by atoms with E-state index in [-0.39, 0.29) is 0 Å². The summed E-state index contributed by atoms with van der Waals surface area (Å²) in [7, 11) is 0. The fraction of sp³-hybridized carbons (Fsp3) is 0.333. The van der Waals surface area contributed by atoms with Crippen LogP contribution >= 0.6 is 0 Å². The largest absolute Gasteiger partial charge is 0.369 e. The molecule has 0 spiro atoms. The summed E-state index contributed by atoms with van der Waals surface area (Å²) >= 11 is 0. The standard InChI is InChI=1S/C18H22N2/c1-15-13-17(14-16-5-3-2-4-6-16)7-8-18(15)20-11-9-19-10-12-20/h2-8,13,19H,9-12,14H2,1H3. The Hall–Kier alpha value is -1.80. The van der Waals surface area contributed by atoms with Gasteiger partial charge in [-0.3, -0.25) is 0 Å². The molecule has 0 radical (unpaired) electrons. The maximum Gasteiger partial charge on any atom is 0.0397 e. The summed E-state index contributed by atoms with van der Waals surface area (Å²) in [5.41, 5.74) is 5.55. The summed E-state index contributed by atoms with van der Waals surface area (Å²) in [5.74, 6) is 0. The molecule has 1 fully saturated rings. The van der Waals surface area contributed by atoms with Gasteiger partial charge in [-0.2, -0.15) is 0 Å². The predicted octanol–water partition coefficient (Wildman–Crippen LogP) is 3.00. The van der Waals surface area contributed by atoms with E-state index < -0.39 is 0 Å². The highest BCUT2D eigenvalue weighted by atomic mass is 15.2. The van der Waals surface area contributed by atoms with Crippen LogP contribution in [0.4, 0.5) is 5.69 Å². The molecule has 0 unspecified atom stereocenters. The number of benzene rings is 2. The van der Waals surface area contributed by atoms with Gasteiger partial charge in [0.25, 0.3) is 0 Å². The van der Waals surface area contributed by atoms with Crippen LogP contribution in [0.3, 0.4) is 0 Å². The number of hydrogen-bond acceptors (Lipinski definition) is 2. The van der Waals surface area contributed by atoms with Crippen molar-refractivity contribution in [3.8, 4) is 0 Å². The average molecular weight is 266 g/mol. The third-order valence-electron chi connectivity index (χ3n) is 3.97. The zero-order valence-electron chi connectivity index (χ0n) is 12.1. The van der Waals surface area contributed by atoms with Crippen molar-refractivity contribution in [1.82, 2.24) is 5.32 Å². The lowest BCUT2D eigenvalue weighted by Gasteiger charge is -2.31. The molecule has 1 aliphatic rings. The Morgan fingerprint density at radius 3 is 2.40 bits per heavy atom. The van der Waals surface area contributed by atoms with Crippen molar-refractivity contribution in [1.29, 1.82) is 0 Å². The average Bonchev–Trinajstić information content (AvgIpc) is 2.49. The van der Waals surface area contributed by atoms with Gasteiger partial charge in [0.2, 0.25) is 0 Å². The van der Waals surface area contributed by atoms with Crippen molar-refractivity contribution in [2.45, 2.75) is 13.3 Å². The van der Waals surface area contributed by atoms with Gasteiger partial charge in [0.05, 0.1) is 0 Å². The summed E-state index contributed by atoms with van der Waals surface area (Å²) < 4.78 is 0. The molecule has 0 atom stereocenters. The lowest BCUT2D eigenvalue weighted by atomic mass is 10.0. The molecule has 2 nitrogen and oxygen atoms in total.